The fourth-order valence-electron chi connectivity index (χ4n) is 1.44. The van der Waals surface area contributed by atoms with Crippen molar-refractivity contribution in [2.75, 3.05) is 6.54 Å². The molecule has 0 heterocycles. The molecule has 0 aromatic heterocycles. The fraction of sp³-hybridized carbons (Fsp3) is 0.909. The lowest BCUT2D eigenvalue weighted by Gasteiger charge is -2.19. The molecule has 3 N–H and O–H groups in total. The summed E-state index contributed by atoms with van der Waals surface area (Å²) < 4.78 is 0. The molecule has 92 valence electrons. The zero-order valence-electron chi connectivity index (χ0n) is 10.2. The molecule has 0 aliphatic heterocycles. The van der Waals surface area contributed by atoms with Gasteiger partial charge in [0.1, 0.15) is 0 Å². The van der Waals surface area contributed by atoms with Crippen molar-refractivity contribution in [3.63, 3.8) is 0 Å². The van der Waals surface area contributed by atoms with Crippen LogP contribution in [0.3, 0.4) is 0 Å². The van der Waals surface area contributed by atoms with Gasteiger partial charge in [-0.1, -0.05) is 27.7 Å². The monoisotopic (exact) mass is 236 g/mol. The van der Waals surface area contributed by atoms with E-state index in [2.05, 4.69) is 19.2 Å². The molecule has 0 saturated heterocycles. The van der Waals surface area contributed by atoms with Gasteiger partial charge in [-0.3, -0.25) is 4.79 Å². The van der Waals surface area contributed by atoms with Crippen LogP contribution in [-0.4, -0.2) is 18.5 Å². The van der Waals surface area contributed by atoms with Crippen molar-refractivity contribution in [2.24, 2.45) is 17.6 Å². The summed E-state index contributed by atoms with van der Waals surface area (Å²) in [5.74, 6) is 1.10. The van der Waals surface area contributed by atoms with Gasteiger partial charge < -0.3 is 11.1 Å². The molecule has 0 rings (SSSR count). The lowest BCUT2D eigenvalue weighted by molar-refractivity contribution is -0.122. The molecule has 3 nitrogen and oxygen atoms in total. The Kier molecular flexibility index (Phi) is 10.3. The number of halogens is 1. The average Bonchev–Trinajstić information content (AvgIpc) is 2.00. The van der Waals surface area contributed by atoms with E-state index in [9.17, 15) is 4.79 Å². The molecule has 0 aromatic rings. The first-order valence-electron chi connectivity index (χ1n) is 5.45. The summed E-state index contributed by atoms with van der Waals surface area (Å²) in [7, 11) is 0. The fourth-order valence-corrected chi connectivity index (χ4v) is 1.44. The third kappa shape index (κ3) is 10.0. The molecule has 0 aliphatic carbocycles. The number of rotatable bonds is 6. The third-order valence-corrected chi connectivity index (χ3v) is 2.00. The lowest BCUT2D eigenvalue weighted by atomic mass is 10.0. The van der Waals surface area contributed by atoms with Crippen LogP contribution in [0, 0.1) is 11.8 Å². The molecule has 1 amide bonds. The van der Waals surface area contributed by atoms with E-state index in [4.69, 9.17) is 5.73 Å². The van der Waals surface area contributed by atoms with Crippen LogP contribution in [0.2, 0.25) is 0 Å². The van der Waals surface area contributed by atoms with E-state index >= 15 is 0 Å². The molecule has 0 aromatic carbocycles. The summed E-state index contributed by atoms with van der Waals surface area (Å²) >= 11 is 0. The van der Waals surface area contributed by atoms with Gasteiger partial charge in [0, 0.05) is 19.0 Å². The highest BCUT2D eigenvalue weighted by molar-refractivity contribution is 5.85. The van der Waals surface area contributed by atoms with Crippen LogP contribution in [0.4, 0.5) is 0 Å². The summed E-state index contributed by atoms with van der Waals surface area (Å²) in [5, 5.41) is 2.97. The van der Waals surface area contributed by atoms with E-state index in [1.54, 1.807) is 0 Å². The second-order valence-corrected chi connectivity index (χ2v) is 4.73. The Morgan fingerprint density at radius 2 is 1.73 bits per heavy atom. The number of amides is 1. The highest BCUT2D eigenvalue weighted by Crippen LogP contribution is 2.05. The number of nitrogens with one attached hydrogen (secondary N) is 1. The molecule has 1 atom stereocenters. The van der Waals surface area contributed by atoms with E-state index < -0.39 is 0 Å². The first-order chi connectivity index (χ1) is 6.45. The smallest absolute Gasteiger partial charge is 0.220 e. The highest BCUT2D eigenvalue weighted by atomic mass is 35.5. The maximum absolute atomic E-state index is 11.4. The van der Waals surface area contributed by atoms with Gasteiger partial charge in [0.05, 0.1) is 0 Å². The molecule has 15 heavy (non-hydrogen) atoms. The number of hydrogen-bond acceptors (Lipinski definition) is 2. The van der Waals surface area contributed by atoms with Crippen molar-refractivity contribution in [1.82, 2.24) is 5.32 Å². The Bertz CT molecular complexity index is 172. The molecule has 4 heteroatoms. The second kappa shape index (κ2) is 8.98. The van der Waals surface area contributed by atoms with Crippen molar-refractivity contribution in [2.45, 2.75) is 46.6 Å². The molecule has 1 unspecified atom stereocenters. The molecular formula is C11H25ClN2O. The summed E-state index contributed by atoms with van der Waals surface area (Å²) in [4.78, 5) is 11.4. The zero-order valence-corrected chi connectivity index (χ0v) is 11.1. The topological polar surface area (TPSA) is 55.1 Å². The standard InChI is InChI=1S/C11H24N2O.ClH/c1-8(2)5-10(7-12)13-11(14)6-9(3)4;/h8-10H,5-7,12H2,1-4H3,(H,13,14);1H. The van der Waals surface area contributed by atoms with Crippen LogP contribution in [0.1, 0.15) is 40.5 Å². The van der Waals surface area contributed by atoms with Crippen molar-refractivity contribution in [3.8, 4) is 0 Å². The van der Waals surface area contributed by atoms with Crippen LogP contribution >= 0.6 is 12.4 Å². The molecule has 0 radical (unpaired) electrons. The maximum atomic E-state index is 11.4. The van der Waals surface area contributed by atoms with Gasteiger partial charge >= 0.3 is 0 Å². The van der Waals surface area contributed by atoms with Crippen molar-refractivity contribution < 1.29 is 4.79 Å². The third-order valence-electron chi connectivity index (χ3n) is 2.00. The predicted octanol–water partition coefficient (Wildman–Crippen LogP) is 1.94. The quantitative estimate of drug-likeness (QED) is 0.741. The molecule has 0 spiro atoms. The van der Waals surface area contributed by atoms with Crippen molar-refractivity contribution in [3.05, 3.63) is 0 Å². The Morgan fingerprint density at radius 1 is 1.20 bits per heavy atom. The van der Waals surface area contributed by atoms with Gasteiger partial charge in [0.25, 0.3) is 0 Å². The molecular weight excluding hydrogens is 212 g/mol. The van der Waals surface area contributed by atoms with Crippen molar-refractivity contribution in [1.29, 1.82) is 0 Å². The van der Waals surface area contributed by atoms with Gasteiger partial charge in [-0.2, -0.15) is 0 Å². The Morgan fingerprint density at radius 3 is 2.07 bits per heavy atom. The Labute approximate surface area is 99.6 Å². The lowest BCUT2D eigenvalue weighted by Crippen LogP contribution is -2.41. The van der Waals surface area contributed by atoms with E-state index in [0.29, 0.717) is 24.8 Å². The van der Waals surface area contributed by atoms with Gasteiger partial charge in [-0.15, -0.1) is 12.4 Å². The minimum absolute atomic E-state index is 0. The minimum Gasteiger partial charge on any atom is -0.352 e. The minimum atomic E-state index is 0. The molecule has 0 fully saturated rings. The zero-order chi connectivity index (χ0) is 11.1. The molecule has 0 saturated carbocycles. The van der Waals surface area contributed by atoms with Crippen LogP contribution in [0.25, 0.3) is 0 Å². The largest absolute Gasteiger partial charge is 0.352 e. The van der Waals surface area contributed by atoms with Crippen LogP contribution in [0.5, 0.6) is 0 Å². The summed E-state index contributed by atoms with van der Waals surface area (Å²) in [6.45, 7) is 8.88. The second-order valence-electron chi connectivity index (χ2n) is 4.73. The Hall–Kier alpha value is -0.280. The summed E-state index contributed by atoms with van der Waals surface area (Å²) in [6.07, 6.45) is 1.55. The van der Waals surface area contributed by atoms with Gasteiger partial charge in [-0.25, -0.2) is 0 Å². The van der Waals surface area contributed by atoms with Crippen LogP contribution in [-0.2, 0) is 4.79 Å². The normalized spacial score (nSPS) is 12.5. The van der Waals surface area contributed by atoms with Gasteiger partial charge in [0.2, 0.25) is 5.91 Å². The van der Waals surface area contributed by atoms with Gasteiger partial charge in [-0.05, 0) is 18.3 Å². The van der Waals surface area contributed by atoms with Gasteiger partial charge in [0.15, 0.2) is 0 Å². The predicted molar refractivity (Wildman–Crippen MR) is 67.1 cm³/mol. The Balaban J connectivity index is 0. The highest BCUT2D eigenvalue weighted by Gasteiger charge is 2.12. The number of nitrogens with two attached hydrogens (primary N) is 1. The maximum Gasteiger partial charge on any atom is 0.220 e. The summed E-state index contributed by atoms with van der Waals surface area (Å²) in [5.41, 5.74) is 5.59. The number of carbonyl (C=O) groups excluding carboxylic acids is 1. The van der Waals surface area contributed by atoms with E-state index in [-0.39, 0.29) is 24.4 Å². The SMILES string of the molecule is CC(C)CC(=O)NC(CN)CC(C)C.Cl. The van der Waals surface area contributed by atoms with Crippen LogP contribution in [0.15, 0.2) is 0 Å². The number of carbonyl (C=O) groups is 1. The summed E-state index contributed by atoms with van der Waals surface area (Å²) in [6, 6.07) is 0.140. The number of hydrogen-bond donors (Lipinski definition) is 2. The van der Waals surface area contributed by atoms with Crippen LogP contribution < -0.4 is 11.1 Å². The molecule has 0 bridgehead atoms. The first-order valence-corrected chi connectivity index (χ1v) is 5.45. The van der Waals surface area contributed by atoms with E-state index in [1.807, 2.05) is 13.8 Å². The molecule has 0 aliphatic rings. The van der Waals surface area contributed by atoms with Crippen molar-refractivity contribution >= 4 is 18.3 Å². The average molecular weight is 237 g/mol. The van der Waals surface area contributed by atoms with E-state index in [0.717, 1.165) is 6.42 Å². The first kappa shape index (κ1) is 17.1. The van der Waals surface area contributed by atoms with E-state index in [1.165, 1.54) is 0 Å².